The van der Waals surface area contributed by atoms with Crippen LogP contribution in [-0.4, -0.2) is 42.5 Å². The second-order valence-corrected chi connectivity index (χ2v) is 5.21. The predicted octanol–water partition coefficient (Wildman–Crippen LogP) is 1.63. The highest BCUT2D eigenvalue weighted by Gasteiger charge is 2.28. The van der Waals surface area contributed by atoms with Crippen molar-refractivity contribution in [2.75, 3.05) is 18.5 Å². The summed E-state index contributed by atoms with van der Waals surface area (Å²) in [6.45, 7) is 4.23. The predicted molar refractivity (Wildman–Crippen MR) is 83.4 cm³/mol. The van der Waals surface area contributed by atoms with Gasteiger partial charge in [0.15, 0.2) is 0 Å². The minimum atomic E-state index is -0.551. The highest BCUT2D eigenvalue weighted by molar-refractivity contribution is 5.87. The molecular weight excluding hydrogens is 284 g/mol. The number of benzene rings is 1. The van der Waals surface area contributed by atoms with Gasteiger partial charge in [-0.15, -0.1) is 0 Å². The molecule has 0 aliphatic carbocycles. The van der Waals surface area contributed by atoms with Crippen molar-refractivity contribution in [1.29, 1.82) is 0 Å². The SMILES string of the molecule is CC(C)[C@H]1N=CNN(CCOC(=O)Nc2ccccc2)C1=O. The molecule has 2 N–H and O–H groups in total. The molecule has 0 aromatic heterocycles. The molecule has 1 aliphatic rings. The minimum absolute atomic E-state index is 0.0933. The Morgan fingerprint density at radius 2 is 2.14 bits per heavy atom. The average Bonchev–Trinajstić information content (AvgIpc) is 2.49. The first-order valence-electron chi connectivity index (χ1n) is 7.16. The number of rotatable bonds is 5. The molecule has 0 bridgehead atoms. The van der Waals surface area contributed by atoms with E-state index in [1.807, 2.05) is 32.0 Å². The summed E-state index contributed by atoms with van der Waals surface area (Å²) in [6, 6.07) is 8.63. The first-order chi connectivity index (χ1) is 10.6. The Kier molecular flexibility index (Phi) is 5.35. The monoisotopic (exact) mass is 304 g/mol. The zero-order valence-electron chi connectivity index (χ0n) is 12.7. The maximum absolute atomic E-state index is 12.1. The first kappa shape index (κ1) is 15.8. The van der Waals surface area contributed by atoms with Gasteiger partial charge in [0.2, 0.25) is 0 Å². The lowest BCUT2D eigenvalue weighted by Crippen LogP contribution is -2.53. The van der Waals surface area contributed by atoms with Gasteiger partial charge in [-0.05, 0) is 18.1 Å². The van der Waals surface area contributed by atoms with Crippen molar-refractivity contribution >= 4 is 24.0 Å². The van der Waals surface area contributed by atoms with E-state index >= 15 is 0 Å². The van der Waals surface area contributed by atoms with Gasteiger partial charge in [0.1, 0.15) is 19.0 Å². The number of para-hydroxylation sites is 1. The second-order valence-electron chi connectivity index (χ2n) is 5.21. The molecule has 1 aliphatic heterocycles. The molecule has 1 aromatic carbocycles. The van der Waals surface area contributed by atoms with E-state index in [0.29, 0.717) is 5.69 Å². The number of carbonyl (C=O) groups excluding carboxylic acids is 2. The molecule has 0 saturated carbocycles. The Bertz CT molecular complexity index is 545. The van der Waals surface area contributed by atoms with Crippen molar-refractivity contribution in [2.45, 2.75) is 19.9 Å². The van der Waals surface area contributed by atoms with Gasteiger partial charge in [-0.2, -0.15) is 0 Å². The van der Waals surface area contributed by atoms with E-state index in [2.05, 4.69) is 15.7 Å². The van der Waals surface area contributed by atoms with Crippen LogP contribution in [0.25, 0.3) is 0 Å². The Balaban J connectivity index is 1.75. The Morgan fingerprint density at radius 1 is 1.41 bits per heavy atom. The van der Waals surface area contributed by atoms with Crippen LogP contribution in [0.15, 0.2) is 35.3 Å². The van der Waals surface area contributed by atoms with Crippen molar-refractivity contribution in [3.8, 4) is 0 Å². The van der Waals surface area contributed by atoms with Gasteiger partial charge in [0.05, 0.1) is 6.54 Å². The largest absolute Gasteiger partial charge is 0.447 e. The first-order valence-corrected chi connectivity index (χ1v) is 7.16. The van der Waals surface area contributed by atoms with Gasteiger partial charge < -0.3 is 4.74 Å². The van der Waals surface area contributed by atoms with E-state index in [0.717, 1.165) is 0 Å². The minimum Gasteiger partial charge on any atom is -0.447 e. The number of amides is 2. The quantitative estimate of drug-likeness (QED) is 0.866. The number of hydrazine groups is 1. The smallest absolute Gasteiger partial charge is 0.411 e. The molecule has 1 heterocycles. The number of nitrogens with one attached hydrogen (secondary N) is 2. The summed E-state index contributed by atoms with van der Waals surface area (Å²) in [7, 11) is 0. The number of nitrogens with zero attached hydrogens (tertiary/aromatic N) is 2. The van der Waals surface area contributed by atoms with E-state index in [1.165, 1.54) is 11.3 Å². The summed E-state index contributed by atoms with van der Waals surface area (Å²) in [6.07, 6.45) is 0.945. The van der Waals surface area contributed by atoms with Crippen LogP contribution in [0.3, 0.4) is 0 Å². The normalized spacial score (nSPS) is 17.3. The van der Waals surface area contributed by atoms with E-state index in [4.69, 9.17) is 4.74 Å². The van der Waals surface area contributed by atoms with E-state index in [1.54, 1.807) is 12.1 Å². The van der Waals surface area contributed by atoms with Crippen LogP contribution in [0, 0.1) is 5.92 Å². The number of hydrogen-bond donors (Lipinski definition) is 2. The van der Waals surface area contributed by atoms with Gasteiger partial charge >= 0.3 is 6.09 Å². The molecule has 1 aromatic rings. The van der Waals surface area contributed by atoms with Gasteiger partial charge in [0, 0.05) is 5.69 Å². The summed E-state index contributed by atoms with van der Waals surface area (Å²) in [5, 5.41) is 4.02. The third kappa shape index (κ3) is 4.21. The summed E-state index contributed by atoms with van der Waals surface area (Å²) in [5.74, 6) is 0.000199. The Morgan fingerprint density at radius 3 is 2.82 bits per heavy atom. The van der Waals surface area contributed by atoms with Gasteiger partial charge in [-0.25, -0.2) is 4.79 Å². The highest BCUT2D eigenvalue weighted by atomic mass is 16.5. The van der Waals surface area contributed by atoms with Crippen molar-refractivity contribution < 1.29 is 14.3 Å². The molecule has 0 saturated heterocycles. The van der Waals surface area contributed by atoms with Crippen LogP contribution in [0.1, 0.15) is 13.8 Å². The molecule has 7 nitrogen and oxygen atoms in total. The van der Waals surface area contributed by atoms with Gasteiger partial charge in [-0.3, -0.25) is 25.5 Å². The Hall–Kier alpha value is -2.57. The zero-order valence-corrected chi connectivity index (χ0v) is 12.7. The molecule has 2 rings (SSSR count). The molecule has 1 atom stereocenters. The number of aliphatic imine (C=N–C) groups is 1. The zero-order chi connectivity index (χ0) is 15.9. The lowest BCUT2D eigenvalue weighted by atomic mass is 10.0. The molecule has 118 valence electrons. The average molecular weight is 304 g/mol. The van der Waals surface area contributed by atoms with Crippen LogP contribution in [0.4, 0.5) is 10.5 Å². The number of hydrogen-bond acceptors (Lipinski definition) is 5. The fourth-order valence-corrected chi connectivity index (χ4v) is 2.01. The summed E-state index contributed by atoms with van der Waals surface area (Å²) in [5.41, 5.74) is 3.42. The van der Waals surface area contributed by atoms with Crippen LogP contribution in [0.5, 0.6) is 0 Å². The summed E-state index contributed by atoms with van der Waals surface area (Å²) in [4.78, 5) is 27.9. The van der Waals surface area contributed by atoms with Crippen molar-refractivity contribution in [2.24, 2.45) is 10.9 Å². The molecule has 0 spiro atoms. The van der Waals surface area contributed by atoms with Crippen LogP contribution in [-0.2, 0) is 9.53 Å². The fourth-order valence-electron chi connectivity index (χ4n) is 2.01. The summed E-state index contributed by atoms with van der Waals surface area (Å²) < 4.78 is 5.06. The molecule has 0 fully saturated rings. The van der Waals surface area contributed by atoms with Gasteiger partial charge in [-0.1, -0.05) is 32.0 Å². The Labute approximate surface area is 129 Å². The maximum Gasteiger partial charge on any atom is 0.411 e. The summed E-state index contributed by atoms with van der Waals surface area (Å²) >= 11 is 0. The third-order valence-corrected chi connectivity index (χ3v) is 3.17. The highest BCUT2D eigenvalue weighted by Crippen LogP contribution is 2.11. The van der Waals surface area contributed by atoms with Crippen molar-refractivity contribution in [3.63, 3.8) is 0 Å². The lowest BCUT2D eigenvalue weighted by molar-refractivity contribution is -0.136. The van der Waals surface area contributed by atoms with Crippen molar-refractivity contribution in [3.05, 3.63) is 30.3 Å². The van der Waals surface area contributed by atoms with Crippen LogP contribution >= 0.6 is 0 Å². The molecule has 0 unspecified atom stereocenters. The second kappa shape index (κ2) is 7.44. The van der Waals surface area contributed by atoms with Gasteiger partial charge in [0.25, 0.3) is 5.91 Å². The molecular formula is C15H20N4O3. The molecule has 22 heavy (non-hydrogen) atoms. The molecule has 0 radical (unpaired) electrons. The number of anilines is 1. The maximum atomic E-state index is 12.1. The third-order valence-electron chi connectivity index (χ3n) is 3.17. The van der Waals surface area contributed by atoms with E-state index in [9.17, 15) is 9.59 Å². The standard InChI is InChI=1S/C15H20N4O3/c1-11(2)13-14(20)19(17-10-16-13)8-9-22-15(21)18-12-6-4-3-5-7-12/h3-7,10-11,13H,8-9H2,1-2H3,(H,16,17)(H,18,21)/t13-/m1/s1. The molecule has 2 amide bonds. The van der Waals surface area contributed by atoms with Crippen molar-refractivity contribution in [1.82, 2.24) is 10.4 Å². The number of carbonyl (C=O) groups is 2. The van der Waals surface area contributed by atoms with Crippen LogP contribution < -0.4 is 10.7 Å². The topological polar surface area (TPSA) is 83.0 Å². The molecule has 7 heteroatoms. The number of ether oxygens (including phenoxy) is 1. The van der Waals surface area contributed by atoms with E-state index in [-0.39, 0.29) is 31.0 Å². The lowest BCUT2D eigenvalue weighted by Gasteiger charge is -2.30. The fraction of sp³-hybridized carbons (Fsp3) is 0.400. The van der Waals surface area contributed by atoms with E-state index < -0.39 is 6.09 Å². The van der Waals surface area contributed by atoms with Crippen LogP contribution in [0.2, 0.25) is 0 Å².